The van der Waals surface area contributed by atoms with E-state index >= 15 is 0 Å². The molecule has 0 fully saturated rings. The largest absolute Gasteiger partial charge is 0.459 e. The van der Waals surface area contributed by atoms with Crippen molar-refractivity contribution in [1.29, 1.82) is 0 Å². The van der Waals surface area contributed by atoms with E-state index in [0.717, 1.165) is 40.3 Å². The molecular formula is C16H21NO4. The summed E-state index contributed by atoms with van der Waals surface area (Å²) in [5.41, 5.74) is 1.88. The van der Waals surface area contributed by atoms with Gasteiger partial charge in [0.1, 0.15) is 11.3 Å². The van der Waals surface area contributed by atoms with E-state index < -0.39 is 0 Å². The molecule has 0 saturated carbocycles. The molecule has 1 aromatic carbocycles. The summed E-state index contributed by atoms with van der Waals surface area (Å²) in [4.78, 5) is 0. The second kappa shape index (κ2) is 5.95. The van der Waals surface area contributed by atoms with Crippen molar-refractivity contribution in [2.45, 2.75) is 27.0 Å². The Hall–Kier alpha value is -1.72. The zero-order chi connectivity index (χ0) is 14.8. The molecule has 114 valence electrons. The van der Waals surface area contributed by atoms with Crippen LogP contribution >= 0.6 is 0 Å². The maximum Gasteiger partial charge on any atom is 0.231 e. The molecule has 5 nitrogen and oxygen atoms in total. The van der Waals surface area contributed by atoms with E-state index in [0.29, 0.717) is 19.1 Å². The minimum absolute atomic E-state index is 0.268. The third kappa shape index (κ3) is 2.84. The normalized spacial score (nSPS) is 13.5. The minimum atomic E-state index is 0.268. The average molecular weight is 291 g/mol. The number of benzene rings is 1. The Morgan fingerprint density at radius 1 is 1.24 bits per heavy atom. The van der Waals surface area contributed by atoms with Crippen molar-refractivity contribution in [1.82, 2.24) is 5.32 Å². The first-order valence-corrected chi connectivity index (χ1v) is 7.22. The second-order valence-electron chi connectivity index (χ2n) is 5.66. The Morgan fingerprint density at radius 2 is 2.00 bits per heavy atom. The third-order valence-corrected chi connectivity index (χ3v) is 3.50. The van der Waals surface area contributed by atoms with Gasteiger partial charge < -0.3 is 23.9 Å². The molecule has 2 heterocycles. The maximum absolute atomic E-state index is 5.98. The van der Waals surface area contributed by atoms with Gasteiger partial charge in [-0.1, -0.05) is 13.8 Å². The van der Waals surface area contributed by atoms with Crippen LogP contribution in [0.25, 0.3) is 11.0 Å². The molecule has 0 amide bonds. The summed E-state index contributed by atoms with van der Waals surface area (Å²) in [6.45, 7) is 6.79. The lowest BCUT2D eigenvalue weighted by atomic mass is 10.1. The summed E-state index contributed by atoms with van der Waals surface area (Å²) in [6, 6.07) is 3.87. The number of hydrogen-bond acceptors (Lipinski definition) is 5. The lowest BCUT2D eigenvalue weighted by Crippen LogP contribution is -2.19. The summed E-state index contributed by atoms with van der Waals surface area (Å²) in [5.74, 6) is 3.02. The predicted octanol–water partition coefficient (Wildman–Crippen LogP) is 3.05. The molecule has 2 aromatic rings. The highest BCUT2D eigenvalue weighted by Crippen LogP contribution is 2.39. The van der Waals surface area contributed by atoms with Gasteiger partial charge in [0.05, 0.1) is 13.2 Å². The maximum atomic E-state index is 5.98. The van der Waals surface area contributed by atoms with Gasteiger partial charge >= 0.3 is 0 Å². The third-order valence-electron chi connectivity index (χ3n) is 3.50. The fourth-order valence-electron chi connectivity index (χ4n) is 2.51. The number of nitrogens with one attached hydrogen (secondary N) is 1. The number of furan rings is 1. The highest BCUT2D eigenvalue weighted by atomic mass is 16.7. The number of hydrogen-bond donors (Lipinski definition) is 1. The zero-order valence-corrected chi connectivity index (χ0v) is 12.7. The first-order chi connectivity index (χ1) is 10.2. The Morgan fingerprint density at radius 3 is 2.71 bits per heavy atom. The van der Waals surface area contributed by atoms with E-state index in [-0.39, 0.29) is 6.79 Å². The molecule has 1 aromatic heterocycles. The molecule has 0 saturated heterocycles. The summed E-state index contributed by atoms with van der Waals surface area (Å²) in [7, 11) is 1.69. The van der Waals surface area contributed by atoms with Crippen molar-refractivity contribution in [2.24, 2.45) is 5.92 Å². The first-order valence-electron chi connectivity index (χ1n) is 7.22. The molecule has 0 aliphatic carbocycles. The van der Waals surface area contributed by atoms with E-state index in [1.165, 1.54) is 0 Å². The van der Waals surface area contributed by atoms with Crippen LogP contribution in [0.1, 0.15) is 25.2 Å². The van der Waals surface area contributed by atoms with Crippen molar-refractivity contribution in [3.05, 3.63) is 23.5 Å². The van der Waals surface area contributed by atoms with Gasteiger partial charge in [0.2, 0.25) is 6.79 Å². The lowest BCUT2D eigenvalue weighted by Gasteiger charge is -2.07. The Balaban J connectivity index is 1.93. The van der Waals surface area contributed by atoms with Gasteiger partial charge in [0.15, 0.2) is 11.5 Å². The summed E-state index contributed by atoms with van der Waals surface area (Å²) < 4.78 is 22.1. The number of fused-ring (bicyclic) bond motifs is 2. The van der Waals surface area contributed by atoms with Crippen molar-refractivity contribution in [2.75, 3.05) is 20.4 Å². The quantitative estimate of drug-likeness (QED) is 0.886. The van der Waals surface area contributed by atoms with Gasteiger partial charge in [-0.3, -0.25) is 0 Å². The van der Waals surface area contributed by atoms with Crippen LogP contribution < -0.4 is 14.8 Å². The summed E-state index contributed by atoms with van der Waals surface area (Å²) >= 11 is 0. The first kappa shape index (κ1) is 14.2. The molecular weight excluding hydrogens is 270 g/mol. The highest BCUT2D eigenvalue weighted by molar-refractivity contribution is 5.86. The van der Waals surface area contributed by atoms with E-state index in [4.69, 9.17) is 18.6 Å². The molecule has 1 N–H and O–H groups in total. The van der Waals surface area contributed by atoms with Gasteiger partial charge in [0, 0.05) is 24.1 Å². The monoisotopic (exact) mass is 291 g/mol. The van der Waals surface area contributed by atoms with Crippen LogP contribution in [0.2, 0.25) is 0 Å². The number of rotatable bonds is 6. The van der Waals surface area contributed by atoms with Crippen LogP contribution in [0, 0.1) is 5.92 Å². The molecule has 0 unspecified atom stereocenters. The van der Waals surface area contributed by atoms with Crippen LogP contribution in [-0.4, -0.2) is 20.4 Å². The molecule has 0 spiro atoms. The van der Waals surface area contributed by atoms with E-state index in [1.807, 2.05) is 12.1 Å². The van der Waals surface area contributed by atoms with Crippen molar-refractivity contribution < 1.29 is 18.6 Å². The van der Waals surface area contributed by atoms with Gasteiger partial charge in [-0.05, 0) is 18.5 Å². The predicted molar refractivity (Wildman–Crippen MR) is 79.6 cm³/mol. The minimum Gasteiger partial charge on any atom is -0.459 e. The van der Waals surface area contributed by atoms with Crippen molar-refractivity contribution in [3.8, 4) is 11.5 Å². The smallest absolute Gasteiger partial charge is 0.231 e. The molecule has 3 rings (SSSR count). The van der Waals surface area contributed by atoms with E-state index in [2.05, 4.69) is 19.2 Å². The summed E-state index contributed by atoms with van der Waals surface area (Å²) in [5, 5.41) is 4.44. The van der Waals surface area contributed by atoms with Gasteiger partial charge in [-0.25, -0.2) is 0 Å². The van der Waals surface area contributed by atoms with Crippen LogP contribution in [0.3, 0.4) is 0 Å². The molecule has 0 radical (unpaired) electrons. The van der Waals surface area contributed by atoms with Crippen LogP contribution in [0.5, 0.6) is 11.5 Å². The topological polar surface area (TPSA) is 52.9 Å². The number of ether oxygens (including phenoxy) is 3. The Kier molecular flexibility index (Phi) is 4.03. The fourth-order valence-corrected chi connectivity index (χ4v) is 2.51. The standard InChI is InChI=1S/C16H21NO4/c1-10(2)6-17-7-16-12(8-18-3)11-4-14-15(20-9-19-14)5-13(11)21-16/h4-5,10,17H,6-9H2,1-3H3. The molecule has 5 heteroatoms. The molecule has 1 aliphatic rings. The molecule has 1 aliphatic heterocycles. The van der Waals surface area contributed by atoms with E-state index in [1.54, 1.807) is 7.11 Å². The zero-order valence-electron chi connectivity index (χ0n) is 12.7. The van der Waals surface area contributed by atoms with Gasteiger partial charge in [-0.2, -0.15) is 0 Å². The Bertz CT molecular complexity index is 633. The van der Waals surface area contributed by atoms with Gasteiger partial charge in [-0.15, -0.1) is 0 Å². The average Bonchev–Trinajstić information content (AvgIpc) is 3.01. The lowest BCUT2D eigenvalue weighted by molar-refractivity contribution is 0.174. The summed E-state index contributed by atoms with van der Waals surface area (Å²) in [6.07, 6.45) is 0. The fraction of sp³-hybridized carbons (Fsp3) is 0.500. The van der Waals surface area contributed by atoms with Gasteiger partial charge in [0.25, 0.3) is 0 Å². The van der Waals surface area contributed by atoms with E-state index in [9.17, 15) is 0 Å². The molecule has 21 heavy (non-hydrogen) atoms. The Labute approximate surface area is 124 Å². The second-order valence-corrected chi connectivity index (χ2v) is 5.66. The van der Waals surface area contributed by atoms with Crippen molar-refractivity contribution >= 4 is 11.0 Å². The van der Waals surface area contributed by atoms with Crippen molar-refractivity contribution in [3.63, 3.8) is 0 Å². The van der Waals surface area contributed by atoms with Crippen LogP contribution in [-0.2, 0) is 17.9 Å². The SMILES string of the molecule is COCc1c(CNCC(C)C)oc2cc3c(cc12)OCO3. The highest BCUT2D eigenvalue weighted by Gasteiger charge is 2.20. The molecule has 0 atom stereocenters. The number of methoxy groups -OCH3 is 1. The van der Waals surface area contributed by atoms with Crippen LogP contribution in [0.15, 0.2) is 16.5 Å². The molecule has 0 bridgehead atoms. The van der Waals surface area contributed by atoms with Crippen LogP contribution in [0.4, 0.5) is 0 Å².